The largest absolute Gasteiger partial charge is 0.341 e. The maximum absolute atomic E-state index is 12.3. The summed E-state index contributed by atoms with van der Waals surface area (Å²) in [6.45, 7) is 1.84. The predicted molar refractivity (Wildman–Crippen MR) is 92.7 cm³/mol. The molecule has 124 valence electrons. The van der Waals surface area contributed by atoms with E-state index in [0.29, 0.717) is 16.6 Å². The third-order valence-electron chi connectivity index (χ3n) is 4.10. The molecule has 0 saturated heterocycles. The van der Waals surface area contributed by atoms with E-state index in [9.17, 15) is 9.59 Å². The van der Waals surface area contributed by atoms with E-state index in [1.165, 1.54) is 6.20 Å². The van der Waals surface area contributed by atoms with Crippen molar-refractivity contribution in [2.45, 2.75) is 25.8 Å². The van der Waals surface area contributed by atoms with E-state index < -0.39 is 11.8 Å². The number of carbonyl (C=O) groups excluding carboxylic acids is 2. The molecule has 1 atom stereocenters. The van der Waals surface area contributed by atoms with Crippen LogP contribution in [-0.4, -0.2) is 16.8 Å². The number of rotatable bonds is 4. The Kier molecular flexibility index (Phi) is 4.81. The number of hydrogen-bond acceptors (Lipinski definition) is 3. The van der Waals surface area contributed by atoms with Crippen LogP contribution in [0.25, 0.3) is 0 Å². The van der Waals surface area contributed by atoms with Crippen LogP contribution in [0.3, 0.4) is 0 Å². The molecule has 1 aliphatic carbocycles. The fourth-order valence-electron chi connectivity index (χ4n) is 2.55. The summed E-state index contributed by atoms with van der Waals surface area (Å²) < 4.78 is 0. The predicted octanol–water partition coefficient (Wildman–Crippen LogP) is 3.25. The zero-order chi connectivity index (χ0) is 17.1. The molecule has 0 unspecified atom stereocenters. The lowest BCUT2D eigenvalue weighted by Crippen LogP contribution is -2.38. The van der Waals surface area contributed by atoms with Crippen molar-refractivity contribution in [2.24, 2.45) is 5.92 Å². The van der Waals surface area contributed by atoms with Crippen LogP contribution in [0.2, 0.25) is 5.02 Å². The minimum Gasteiger partial charge on any atom is -0.341 e. The van der Waals surface area contributed by atoms with Gasteiger partial charge in [0.05, 0.1) is 17.9 Å². The molecule has 0 aliphatic heterocycles. The Labute approximate surface area is 145 Å². The average Bonchev–Trinajstić information content (AvgIpc) is 3.40. The summed E-state index contributed by atoms with van der Waals surface area (Å²) >= 11 is 5.92. The van der Waals surface area contributed by atoms with Gasteiger partial charge in [0.15, 0.2) is 0 Å². The topological polar surface area (TPSA) is 71.1 Å². The van der Waals surface area contributed by atoms with Gasteiger partial charge in [0.2, 0.25) is 0 Å². The summed E-state index contributed by atoms with van der Waals surface area (Å²) in [5.41, 5.74) is 2.34. The second-order valence-corrected chi connectivity index (χ2v) is 6.42. The zero-order valence-electron chi connectivity index (χ0n) is 13.3. The highest BCUT2D eigenvalue weighted by Gasteiger charge is 2.34. The minimum absolute atomic E-state index is 0.171. The van der Waals surface area contributed by atoms with Gasteiger partial charge in [-0.15, -0.1) is 0 Å². The second-order valence-electron chi connectivity index (χ2n) is 5.98. The summed E-state index contributed by atoms with van der Waals surface area (Å²) in [7, 11) is 0. The first kappa shape index (κ1) is 16.5. The minimum atomic E-state index is -0.689. The number of anilines is 1. The molecule has 1 fully saturated rings. The highest BCUT2D eigenvalue weighted by Crippen LogP contribution is 2.41. The molecule has 24 heavy (non-hydrogen) atoms. The number of hydrogen-bond donors (Lipinski definition) is 2. The summed E-state index contributed by atoms with van der Waals surface area (Å²) in [4.78, 5) is 28.4. The fraction of sp³-hybridized carbons (Fsp3) is 0.278. The molecule has 1 aliphatic rings. The summed E-state index contributed by atoms with van der Waals surface area (Å²) in [5.74, 6) is -0.973. The Bertz CT molecular complexity index is 757. The van der Waals surface area contributed by atoms with Crippen molar-refractivity contribution in [2.75, 3.05) is 5.32 Å². The monoisotopic (exact) mass is 343 g/mol. The Balaban J connectivity index is 1.68. The lowest BCUT2D eigenvalue weighted by Gasteiger charge is -2.18. The molecule has 2 aromatic rings. The van der Waals surface area contributed by atoms with E-state index in [4.69, 9.17) is 11.6 Å². The first-order valence-electron chi connectivity index (χ1n) is 7.82. The van der Waals surface area contributed by atoms with Crippen LogP contribution in [0.1, 0.15) is 30.0 Å². The van der Waals surface area contributed by atoms with Crippen molar-refractivity contribution < 1.29 is 9.59 Å². The van der Waals surface area contributed by atoms with Gasteiger partial charge in [-0.1, -0.05) is 23.7 Å². The number of halogens is 1. The van der Waals surface area contributed by atoms with Gasteiger partial charge in [-0.3, -0.25) is 14.6 Å². The molecule has 1 saturated carbocycles. The van der Waals surface area contributed by atoms with Crippen LogP contribution in [0.15, 0.2) is 42.7 Å². The Hall–Kier alpha value is -2.40. The number of nitrogens with zero attached hydrogens (tertiary/aromatic N) is 1. The third-order valence-corrected chi connectivity index (χ3v) is 4.35. The maximum Gasteiger partial charge on any atom is 0.313 e. The van der Waals surface area contributed by atoms with E-state index >= 15 is 0 Å². The van der Waals surface area contributed by atoms with Gasteiger partial charge < -0.3 is 10.6 Å². The smallest absolute Gasteiger partial charge is 0.313 e. The fourth-order valence-corrected chi connectivity index (χ4v) is 2.68. The van der Waals surface area contributed by atoms with Crippen LogP contribution in [0.5, 0.6) is 0 Å². The highest BCUT2D eigenvalue weighted by atomic mass is 35.5. The molecular weight excluding hydrogens is 326 g/mol. The normalized spacial score (nSPS) is 14.8. The lowest BCUT2D eigenvalue weighted by atomic mass is 10.0. The molecule has 0 bridgehead atoms. The van der Waals surface area contributed by atoms with Crippen molar-refractivity contribution in [1.29, 1.82) is 0 Å². The molecule has 1 heterocycles. The molecule has 1 aromatic heterocycles. The number of nitrogens with one attached hydrogen (secondary N) is 2. The van der Waals surface area contributed by atoms with E-state index in [2.05, 4.69) is 15.6 Å². The molecule has 5 nitrogen and oxygen atoms in total. The van der Waals surface area contributed by atoms with Gasteiger partial charge in [0.25, 0.3) is 0 Å². The van der Waals surface area contributed by atoms with Crippen molar-refractivity contribution in [3.63, 3.8) is 0 Å². The number of amides is 2. The number of aryl methyl sites for hydroxylation is 1. The third kappa shape index (κ3) is 3.92. The summed E-state index contributed by atoms with van der Waals surface area (Å²) in [6, 6.07) is 8.95. The average molecular weight is 344 g/mol. The van der Waals surface area contributed by atoms with Crippen molar-refractivity contribution in [3.05, 3.63) is 58.9 Å². The van der Waals surface area contributed by atoms with Gasteiger partial charge in [-0.25, -0.2) is 0 Å². The Morgan fingerprint density at radius 2 is 1.88 bits per heavy atom. The summed E-state index contributed by atoms with van der Waals surface area (Å²) in [5, 5.41) is 6.08. The van der Waals surface area contributed by atoms with E-state index in [1.54, 1.807) is 24.4 Å². The molecule has 0 radical (unpaired) electrons. The molecular formula is C18H18ClN3O2. The van der Waals surface area contributed by atoms with Crippen LogP contribution < -0.4 is 10.6 Å². The van der Waals surface area contributed by atoms with Crippen LogP contribution in [0, 0.1) is 12.8 Å². The molecule has 2 amide bonds. The van der Waals surface area contributed by atoms with E-state index in [-0.39, 0.29) is 6.04 Å². The highest BCUT2D eigenvalue weighted by molar-refractivity contribution is 6.39. The van der Waals surface area contributed by atoms with Crippen LogP contribution >= 0.6 is 11.6 Å². The number of carbonyl (C=O) groups is 2. The van der Waals surface area contributed by atoms with Crippen LogP contribution in [0.4, 0.5) is 5.69 Å². The summed E-state index contributed by atoms with van der Waals surface area (Å²) in [6.07, 6.45) is 5.24. The Morgan fingerprint density at radius 3 is 2.50 bits per heavy atom. The number of pyridine rings is 1. The molecule has 2 N–H and O–H groups in total. The zero-order valence-corrected chi connectivity index (χ0v) is 14.0. The molecule has 3 rings (SSSR count). The number of aromatic nitrogens is 1. The lowest BCUT2D eigenvalue weighted by molar-refractivity contribution is -0.136. The van der Waals surface area contributed by atoms with Crippen LogP contribution in [-0.2, 0) is 9.59 Å². The van der Waals surface area contributed by atoms with E-state index in [0.717, 1.165) is 24.0 Å². The van der Waals surface area contributed by atoms with Gasteiger partial charge in [-0.2, -0.15) is 0 Å². The second kappa shape index (κ2) is 7.01. The standard InChI is InChI=1S/C18H18ClN3O2/c1-11-8-9-20-10-15(11)21-17(23)18(24)22-16(12-2-3-12)13-4-6-14(19)7-5-13/h4-10,12,16H,2-3H2,1H3,(H,21,23)(H,22,24)/t16-/m1/s1. The van der Waals surface area contributed by atoms with Crippen molar-refractivity contribution in [1.82, 2.24) is 10.3 Å². The van der Waals surface area contributed by atoms with Gasteiger partial charge in [0, 0.05) is 11.2 Å². The molecule has 0 spiro atoms. The van der Waals surface area contributed by atoms with E-state index in [1.807, 2.05) is 19.1 Å². The van der Waals surface area contributed by atoms with Crippen molar-refractivity contribution in [3.8, 4) is 0 Å². The Morgan fingerprint density at radius 1 is 1.17 bits per heavy atom. The van der Waals surface area contributed by atoms with Gasteiger partial charge in [0.1, 0.15) is 0 Å². The maximum atomic E-state index is 12.3. The van der Waals surface area contributed by atoms with Gasteiger partial charge >= 0.3 is 11.8 Å². The molecule has 1 aromatic carbocycles. The van der Waals surface area contributed by atoms with Crippen molar-refractivity contribution >= 4 is 29.1 Å². The first-order valence-corrected chi connectivity index (χ1v) is 8.20. The van der Waals surface area contributed by atoms with Gasteiger partial charge in [-0.05, 0) is 55.0 Å². The first-order chi connectivity index (χ1) is 11.5. The quantitative estimate of drug-likeness (QED) is 0.837. The number of benzene rings is 1. The molecule has 6 heteroatoms. The SMILES string of the molecule is Cc1ccncc1NC(=O)C(=O)N[C@@H](c1ccc(Cl)cc1)C1CC1.